The van der Waals surface area contributed by atoms with Crippen molar-refractivity contribution in [3.8, 4) is 0 Å². The Morgan fingerprint density at radius 3 is 2.41 bits per heavy atom. The van der Waals surface area contributed by atoms with Crippen LogP contribution < -0.4 is 10.6 Å². The van der Waals surface area contributed by atoms with Gasteiger partial charge in [0.2, 0.25) is 5.91 Å². The summed E-state index contributed by atoms with van der Waals surface area (Å²) in [5.41, 5.74) is 1.85. The van der Waals surface area contributed by atoms with Gasteiger partial charge in [0.05, 0.1) is 6.04 Å². The van der Waals surface area contributed by atoms with E-state index < -0.39 is 24.2 Å². The second-order valence-electron chi connectivity index (χ2n) is 6.41. The van der Waals surface area contributed by atoms with Gasteiger partial charge in [0.1, 0.15) is 6.04 Å². The van der Waals surface area contributed by atoms with Crippen LogP contribution in [0.1, 0.15) is 18.4 Å². The number of amides is 1. The van der Waals surface area contributed by atoms with E-state index in [1.807, 2.05) is 24.3 Å². The molecule has 0 unspecified atom stereocenters. The number of nitrogens with one attached hydrogen (secondary N) is 3. The number of para-hydroxylation sites is 1. The van der Waals surface area contributed by atoms with Crippen LogP contribution in [-0.4, -0.2) is 57.8 Å². The van der Waals surface area contributed by atoms with Crippen LogP contribution in [-0.2, 0) is 20.8 Å². The van der Waals surface area contributed by atoms with Crippen molar-refractivity contribution in [1.29, 1.82) is 0 Å². The second kappa shape index (κ2) is 9.41. The Bertz CT molecular complexity index is 875. The fraction of sp³-hybridized carbons (Fsp3) is 0.389. The molecule has 0 saturated carbocycles. The van der Waals surface area contributed by atoms with E-state index in [4.69, 9.17) is 9.90 Å². The van der Waals surface area contributed by atoms with E-state index >= 15 is 0 Å². The minimum absolute atomic E-state index is 0.232. The number of alkyl halides is 3. The average molecular weight is 415 g/mol. The molecular weight excluding hydrogens is 395 g/mol. The molecule has 29 heavy (non-hydrogen) atoms. The maximum atomic E-state index is 12.1. The van der Waals surface area contributed by atoms with Gasteiger partial charge in [0.15, 0.2) is 0 Å². The third-order valence-electron chi connectivity index (χ3n) is 4.33. The third kappa shape index (κ3) is 6.21. The van der Waals surface area contributed by atoms with E-state index in [9.17, 15) is 27.9 Å². The Morgan fingerprint density at radius 2 is 1.86 bits per heavy atom. The van der Waals surface area contributed by atoms with Gasteiger partial charge >= 0.3 is 18.1 Å². The predicted octanol–water partition coefficient (Wildman–Crippen LogP) is 1.67. The first-order chi connectivity index (χ1) is 13.6. The first kappa shape index (κ1) is 22.2. The molecule has 1 aromatic carbocycles. The van der Waals surface area contributed by atoms with Crippen molar-refractivity contribution in [1.82, 2.24) is 15.6 Å². The highest BCUT2D eigenvalue weighted by atomic mass is 19.4. The van der Waals surface area contributed by atoms with Gasteiger partial charge in [-0.15, -0.1) is 0 Å². The van der Waals surface area contributed by atoms with E-state index in [-0.39, 0.29) is 18.4 Å². The topological polar surface area (TPSA) is 132 Å². The summed E-state index contributed by atoms with van der Waals surface area (Å²) in [6.45, 7) is 0.804. The normalized spacial score (nSPS) is 17.3. The molecule has 0 radical (unpaired) electrons. The Hall–Kier alpha value is -3.08. The van der Waals surface area contributed by atoms with Gasteiger partial charge in [0, 0.05) is 23.5 Å². The number of aromatic amines is 1. The zero-order chi connectivity index (χ0) is 21.6. The summed E-state index contributed by atoms with van der Waals surface area (Å²) in [4.78, 5) is 35.6. The highest BCUT2D eigenvalue weighted by Crippen LogP contribution is 2.19. The number of hydrogen-bond acceptors (Lipinski definition) is 4. The number of benzene rings is 1. The molecule has 2 heterocycles. The van der Waals surface area contributed by atoms with Crippen LogP contribution in [0.25, 0.3) is 10.9 Å². The summed E-state index contributed by atoms with van der Waals surface area (Å²) >= 11 is 0. The fourth-order valence-electron chi connectivity index (χ4n) is 2.90. The lowest BCUT2D eigenvalue weighted by Crippen LogP contribution is -2.49. The van der Waals surface area contributed by atoms with E-state index in [2.05, 4.69) is 15.6 Å². The van der Waals surface area contributed by atoms with Crippen molar-refractivity contribution in [2.45, 2.75) is 37.5 Å². The fourth-order valence-corrected chi connectivity index (χ4v) is 2.90. The van der Waals surface area contributed by atoms with Gasteiger partial charge in [-0.25, -0.2) is 9.59 Å². The van der Waals surface area contributed by atoms with Crippen molar-refractivity contribution >= 4 is 28.7 Å². The second-order valence-corrected chi connectivity index (χ2v) is 6.41. The maximum absolute atomic E-state index is 12.1. The number of carbonyl (C=O) groups is 3. The van der Waals surface area contributed by atoms with Crippen molar-refractivity contribution in [3.05, 3.63) is 36.0 Å². The highest BCUT2D eigenvalue weighted by Gasteiger charge is 2.38. The number of halogens is 3. The van der Waals surface area contributed by atoms with Crippen molar-refractivity contribution in [2.24, 2.45) is 0 Å². The summed E-state index contributed by atoms with van der Waals surface area (Å²) in [5.74, 6) is -4.01. The molecule has 0 spiro atoms. The minimum atomic E-state index is -5.08. The molecule has 3 rings (SSSR count). The van der Waals surface area contributed by atoms with Crippen LogP contribution in [0.4, 0.5) is 13.2 Å². The molecular formula is C18H20F3N3O5. The molecule has 11 heteroatoms. The van der Waals surface area contributed by atoms with Crippen LogP contribution in [0, 0.1) is 0 Å². The van der Waals surface area contributed by atoms with Crippen LogP contribution in [0.15, 0.2) is 30.5 Å². The van der Waals surface area contributed by atoms with Crippen LogP contribution >= 0.6 is 0 Å². The molecule has 1 aromatic heterocycles. The van der Waals surface area contributed by atoms with E-state index in [1.54, 1.807) is 6.20 Å². The molecule has 1 saturated heterocycles. The van der Waals surface area contributed by atoms with Gasteiger partial charge in [-0.3, -0.25) is 4.79 Å². The third-order valence-corrected chi connectivity index (χ3v) is 4.33. The summed E-state index contributed by atoms with van der Waals surface area (Å²) in [5, 5.41) is 23.2. The lowest BCUT2D eigenvalue weighted by Gasteiger charge is -2.17. The first-order valence-corrected chi connectivity index (χ1v) is 8.71. The Balaban J connectivity index is 0.000000370. The molecule has 1 amide bonds. The van der Waals surface area contributed by atoms with E-state index in [0.29, 0.717) is 0 Å². The molecule has 8 nitrogen and oxygen atoms in total. The largest absolute Gasteiger partial charge is 0.490 e. The Morgan fingerprint density at radius 1 is 1.21 bits per heavy atom. The predicted molar refractivity (Wildman–Crippen MR) is 96.3 cm³/mol. The molecule has 2 aromatic rings. The molecule has 0 aliphatic carbocycles. The maximum Gasteiger partial charge on any atom is 0.490 e. The number of carboxylic acids is 2. The smallest absolute Gasteiger partial charge is 0.480 e. The van der Waals surface area contributed by atoms with Crippen molar-refractivity contribution < 1.29 is 37.8 Å². The SMILES string of the molecule is O=C(O)C(F)(F)F.O=C(O)[C@H](Cc1c[nH]c2ccccc12)NC(=O)[C@@H]1CCCN1. The summed E-state index contributed by atoms with van der Waals surface area (Å²) < 4.78 is 31.7. The lowest BCUT2D eigenvalue weighted by molar-refractivity contribution is -0.192. The molecule has 5 N–H and O–H groups in total. The molecule has 1 aliphatic heterocycles. The lowest BCUT2D eigenvalue weighted by atomic mass is 10.0. The number of carboxylic acid groups (broad SMARTS) is 2. The standard InChI is InChI=1S/C16H19N3O3.C2HF3O2/c20-15(13-6-3-7-17-13)19-14(16(21)22)8-10-9-18-12-5-2-1-4-11(10)12;3-2(4,5)1(6)7/h1-2,4-5,9,13-14,17-18H,3,6-8H2,(H,19,20)(H,21,22);(H,6,7)/t13-,14-;/m0./s1. The number of H-pyrrole nitrogens is 1. The van der Waals surface area contributed by atoms with Crippen LogP contribution in [0.3, 0.4) is 0 Å². The Labute approximate surface area is 163 Å². The van der Waals surface area contributed by atoms with Crippen molar-refractivity contribution in [2.75, 3.05) is 6.54 Å². The van der Waals surface area contributed by atoms with Gasteiger partial charge in [-0.05, 0) is 31.0 Å². The van der Waals surface area contributed by atoms with Gasteiger partial charge in [-0.2, -0.15) is 13.2 Å². The monoisotopic (exact) mass is 415 g/mol. The van der Waals surface area contributed by atoms with E-state index in [1.165, 1.54) is 0 Å². The average Bonchev–Trinajstić information content (AvgIpc) is 3.31. The molecule has 1 aliphatic rings. The number of fused-ring (bicyclic) bond motifs is 1. The first-order valence-electron chi connectivity index (χ1n) is 8.71. The highest BCUT2D eigenvalue weighted by molar-refractivity contribution is 5.88. The summed E-state index contributed by atoms with van der Waals surface area (Å²) in [6, 6.07) is 6.52. The number of aliphatic carboxylic acids is 2. The molecule has 1 fully saturated rings. The van der Waals surface area contributed by atoms with Crippen LogP contribution in [0.5, 0.6) is 0 Å². The zero-order valence-electron chi connectivity index (χ0n) is 15.1. The number of aromatic nitrogens is 1. The summed E-state index contributed by atoms with van der Waals surface area (Å²) in [7, 11) is 0. The van der Waals surface area contributed by atoms with E-state index in [0.717, 1.165) is 35.9 Å². The summed E-state index contributed by atoms with van der Waals surface area (Å²) in [6.07, 6.45) is -1.32. The number of hydrogen-bond donors (Lipinski definition) is 5. The number of carbonyl (C=O) groups excluding carboxylic acids is 1. The van der Waals surface area contributed by atoms with Gasteiger partial charge in [0.25, 0.3) is 0 Å². The zero-order valence-corrected chi connectivity index (χ0v) is 15.1. The quantitative estimate of drug-likeness (QED) is 0.505. The van der Waals surface area contributed by atoms with Gasteiger partial charge < -0.3 is 25.8 Å². The number of rotatable bonds is 5. The van der Waals surface area contributed by atoms with Crippen molar-refractivity contribution in [3.63, 3.8) is 0 Å². The molecule has 158 valence electrons. The van der Waals surface area contributed by atoms with Gasteiger partial charge in [-0.1, -0.05) is 18.2 Å². The molecule has 2 atom stereocenters. The molecule has 0 bridgehead atoms. The Kier molecular flexibility index (Phi) is 7.21. The van der Waals surface area contributed by atoms with Crippen LogP contribution in [0.2, 0.25) is 0 Å². The minimum Gasteiger partial charge on any atom is -0.480 e.